The highest BCUT2D eigenvalue weighted by molar-refractivity contribution is 6.31. The highest BCUT2D eigenvalue weighted by Crippen LogP contribution is 2.32. The Morgan fingerprint density at radius 1 is 1.44 bits per heavy atom. The van der Waals surface area contributed by atoms with Gasteiger partial charge in [-0.15, -0.1) is 0 Å². The standard InChI is InChI=1S/C13H17ClFN/c1-8-6-11(9(2)13(15)12(8)14)10-4-3-5-16-7-10/h6,10,16H,3-5,7H2,1-2H3. The number of hydrogen-bond acceptors (Lipinski definition) is 1. The van der Waals surface area contributed by atoms with Crippen LogP contribution >= 0.6 is 11.6 Å². The van der Waals surface area contributed by atoms with Gasteiger partial charge in [0.25, 0.3) is 0 Å². The predicted octanol–water partition coefficient (Wildman–Crippen LogP) is 3.56. The first-order valence-corrected chi connectivity index (χ1v) is 6.15. The Labute approximate surface area is 101 Å². The SMILES string of the molecule is Cc1cc(C2CCCNC2)c(C)c(F)c1Cl. The fourth-order valence-electron chi connectivity index (χ4n) is 2.41. The number of benzene rings is 1. The number of nitrogens with one attached hydrogen (secondary N) is 1. The summed E-state index contributed by atoms with van der Waals surface area (Å²) in [7, 11) is 0. The largest absolute Gasteiger partial charge is 0.316 e. The normalized spacial score (nSPS) is 21.1. The van der Waals surface area contributed by atoms with E-state index in [9.17, 15) is 4.39 Å². The van der Waals surface area contributed by atoms with Crippen LogP contribution in [0, 0.1) is 19.7 Å². The maximum atomic E-state index is 13.9. The fourth-order valence-corrected chi connectivity index (χ4v) is 2.61. The molecule has 0 bridgehead atoms. The van der Waals surface area contributed by atoms with Gasteiger partial charge >= 0.3 is 0 Å². The van der Waals surface area contributed by atoms with Crippen LogP contribution < -0.4 is 5.32 Å². The van der Waals surface area contributed by atoms with Gasteiger partial charge in [-0.1, -0.05) is 17.7 Å². The van der Waals surface area contributed by atoms with Gasteiger partial charge in [0, 0.05) is 6.54 Å². The molecule has 0 amide bonds. The predicted molar refractivity (Wildman–Crippen MR) is 65.7 cm³/mol. The summed E-state index contributed by atoms with van der Waals surface area (Å²) in [5.74, 6) is 0.182. The van der Waals surface area contributed by atoms with Crippen LogP contribution in [0.15, 0.2) is 6.07 Å². The van der Waals surface area contributed by atoms with Crippen LogP contribution in [0.25, 0.3) is 0 Å². The molecule has 1 aromatic rings. The van der Waals surface area contributed by atoms with Crippen LogP contribution in [-0.4, -0.2) is 13.1 Å². The molecule has 1 saturated heterocycles. The minimum absolute atomic E-state index is 0.248. The zero-order valence-corrected chi connectivity index (χ0v) is 10.5. The molecule has 0 saturated carbocycles. The number of hydrogen-bond donors (Lipinski definition) is 1. The van der Waals surface area contributed by atoms with Crippen LogP contribution in [0.1, 0.15) is 35.4 Å². The Hall–Kier alpha value is -0.600. The molecular formula is C13H17ClFN. The van der Waals surface area contributed by atoms with Crippen LogP contribution in [0.4, 0.5) is 4.39 Å². The van der Waals surface area contributed by atoms with E-state index in [1.165, 1.54) is 0 Å². The summed E-state index contributed by atoms with van der Waals surface area (Å²) >= 11 is 5.90. The van der Waals surface area contributed by atoms with Gasteiger partial charge in [-0.3, -0.25) is 0 Å². The van der Waals surface area contributed by atoms with Gasteiger partial charge in [0.15, 0.2) is 0 Å². The second-order valence-electron chi connectivity index (χ2n) is 4.58. The molecule has 0 spiro atoms. The summed E-state index contributed by atoms with van der Waals surface area (Å²) in [5.41, 5.74) is 2.67. The van der Waals surface area contributed by atoms with E-state index in [4.69, 9.17) is 11.6 Å². The van der Waals surface area contributed by atoms with Crippen molar-refractivity contribution in [2.75, 3.05) is 13.1 Å². The molecule has 1 nitrogen and oxygen atoms in total. The van der Waals surface area contributed by atoms with Gasteiger partial charge in [0.2, 0.25) is 0 Å². The minimum Gasteiger partial charge on any atom is -0.316 e. The van der Waals surface area contributed by atoms with Crippen molar-refractivity contribution in [3.05, 3.63) is 33.6 Å². The molecule has 3 heteroatoms. The topological polar surface area (TPSA) is 12.0 Å². The molecule has 2 rings (SSSR count). The van der Waals surface area contributed by atoms with Gasteiger partial charge in [-0.05, 0) is 55.8 Å². The van der Waals surface area contributed by atoms with Crippen molar-refractivity contribution in [2.45, 2.75) is 32.6 Å². The smallest absolute Gasteiger partial charge is 0.145 e. The highest BCUT2D eigenvalue weighted by Gasteiger charge is 2.20. The number of piperidine rings is 1. The lowest BCUT2D eigenvalue weighted by Gasteiger charge is -2.25. The van der Waals surface area contributed by atoms with Crippen molar-refractivity contribution in [1.29, 1.82) is 0 Å². The average molecular weight is 242 g/mol. The fraction of sp³-hybridized carbons (Fsp3) is 0.538. The number of aryl methyl sites for hydroxylation is 1. The third-order valence-electron chi connectivity index (χ3n) is 3.41. The summed E-state index contributed by atoms with van der Waals surface area (Å²) < 4.78 is 13.9. The lowest BCUT2D eigenvalue weighted by atomic mass is 9.87. The second-order valence-corrected chi connectivity index (χ2v) is 4.96. The molecule has 0 aliphatic carbocycles. The Morgan fingerprint density at radius 2 is 2.19 bits per heavy atom. The van der Waals surface area contributed by atoms with E-state index >= 15 is 0 Å². The van der Waals surface area contributed by atoms with Gasteiger partial charge in [-0.25, -0.2) is 4.39 Å². The molecule has 16 heavy (non-hydrogen) atoms. The lowest BCUT2D eigenvalue weighted by molar-refractivity contribution is 0.457. The molecule has 0 radical (unpaired) electrons. The monoisotopic (exact) mass is 241 g/mol. The molecule has 1 N–H and O–H groups in total. The van der Waals surface area contributed by atoms with E-state index in [1.54, 1.807) is 0 Å². The first kappa shape index (κ1) is 11.9. The molecule has 1 aliphatic heterocycles. The molecule has 1 unspecified atom stereocenters. The summed E-state index contributed by atoms with van der Waals surface area (Å²) in [6, 6.07) is 2.04. The zero-order chi connectivity index (χ0) is 11.7. The van der Waals surface area contributed by atoms with Crippen molar-refractivity contribution in [3.63, 3.8) is 0 Å². The molecule has 0 aromatic heterocycles. The van der Waals surface area contributed by atoms with E-state index in [2.05, 4.69) is 5.32 Å². The Morgan fingerprint density at radius 3 is 2.81 bits per heavy atom. The van der Waals surface area contributed by atoms with Gasteiger partial charge < -0.3 is 5.32 Å². The van der Waals surface area contributed by atoms with E-state index < -0.39 is 0 Å². The lowest BCUT2D eigenvalue weighted by Crippen LogP contribution is -2.29. The van der Waals surface area contributed by atoms with Crippen molar-refractivity contribution in [1.82, 2.24) is 5.32 Å². The second kappa shape index (κ2) is 4.72. The first-order chi connectivity index (χ1) is 7.61. The van der Waals surface area contributed by atoms with E-state index in [1.807, 2.05) is 19.9 Å². The Bertz CT molecular complexity index is 397. The van der Waals surface area contributed by atoms with E-state index in [-0.39, 0.29) is 10.8 Å². The van der Waals surface area contributed by atoms with E-state index in [0.29, 0.717) is 11.5 Å². The third-order valence-corrected chi connectivity index (χ3v) is 3.87. The summed E-state index contributed by atoms with van der Waals surface area (Å²) in [6.07, 6.45) is 2.29. The Kier molecular flexibility index (Phi) is 3.50. The molecule has 1 atom stereocenters. The van der Waals surface area contributed by atoms with Crippen molar-refractivity contribution < 1.29 is 4.39 Å². The first-order valence-electron chi connectivity index (χ1n) is 5.77. The van der Waals surface area contributed by atoms with Crippen LogP contribution in [-0.2, 0) is 0 Å². The van der Waals surface area contributed by atoms with Crippen molar-refractivity contribution in [2.24, 2.45) is 0 Å². The molecule has 1 fully saturated rings. The van der Waals surface area contributed by atoms with Gasteiger partial charge in [0.05, 0.1) is 5.02 Å². The van der Waals surface area contributed by atoms with Crippen molar-refractivity contribution >= 4 is 11.6 Å². The van der Waals surface area contributed by atoms with Crippen LogP contribution in [0.2, 0.25) is 5.02 Å². The zero-order valence-electron chi connectivity index (χ0n) is 9.74. The summed E-state index contributed by atoms with van der Waals surface area (Å²) in [6.45, 7) is 5.71. The highest BCUT2D eigenvalue weighted by atomic mass is 35.5. The summed E-state index contributed by atoms with van der Waals surface area (Å²) in [4.78, 5) is 0. The molecule has 1 heterocycles. The van der Waals surface area contributed by atoms with E-state index in [0.717, 1.165) is 37.1 Å². The number of halogens is 2. The Balaban J connectivity index is 2.40. The maximum absolute atomic E-state index is 13.9. The minimum atomic E-state index is -0.248. The molecule has 1 aromatic carbocycles. The van der Waals surface area contributed by atoms with Gasteiger partial charge in [-0.2, -0.15) is 0 Å². The number of rotatable bonds is 1. The summed E-state index contributed by atoms with van der Waals surface area (Å²) in [5, 5.41) is 3.63. The van der Waals surface area contributed by atoms with Crippen molar-refractivity contribution in [3.8, 4) is 0 Å². The molecule has 1 aliphatic rings. The van der Waals surface area contributed by atoms with Crippen LogP contribution in [0.3, 0.4) is 0 Å². The molecule has 88 valence electrons. The maximum Gasteiger partial charge on any atom is 0.145 e. The van der Waals surface area contributed by atoms with Gasteiger partial charge in [0.1, 0.15) is 5.82 Å². The van der Waals surface area contributed by atoms with Crippen LogP contribution in [0.5, 0.6) is 0 Å². The average Bonchev–Trinajstić information content (AvgIpc) is 2.32. The third kappa shape index (κ3) is 2.09. The quantitative estimate of drug-likeness (QED) is 0.793. The molecular weight excluding hydrogens is 225 g/mol.